The lowest BCUT2D eigenvalue weighted by Gasteiger charge is -2.13. The number of alkyl halides is 2. The van der Waals surface area contributed by atoms with E-state index in [9.17, 15) is 18.3 Å². The molecule has 1 N–H and O–H groups in total. The first-order chi connectivity index (χ1) is 8.99. The molecule has 19 heavy (non-hydrogen) atoms. The molecule has 2 rings (SSSR count). The summed E-state index contributed by atoms with van der Waals surface area (Å²) in [4.78, 5) is 0. The van der Waals surface area contributed by atoms with Crippen molar-refractivity contribution in [1.29, 1.82) is 0 Å². The van der Waals surface area contributed by atoms with Crippen LogP contribution in [0.4, 0.5) is 13.2 Å². The van der Waals surface area contributed by atoms with E-state index in [0.717, 1.165) is 0 Å². The fourth-order valence-corrected chi connectivity index (χ4v) is 1.90. The SMILES string of the molecule is Cc1cc(C(O)c2cccc(C(F)F)c2)ccc1F. The van der Waals surface area contributed by atoms with Crippen molar-refractivity contribution in [3.8, 4) is 0 Å². The maximum Gasteiger partial charge on any atom is 0.263 e. The molecule has 0 bridgehead atoms. The lowest BCUT2D eigenvalue weighted by molar-refractivity contribution is 0.150. The first kappa shape index (κ1) is 13.6. The van der Waals surface area contributed by atoms with E-state index in [4.69, 9.17) is 0 Å². The second-order valence-electron chi connectivity index (χ2n) is 4.38. The van der Waals surface area contributed by atoms with Gasteiger partial charge in [-0.25, -0.2) is 13.2 Å². The molecule has 0 aliphatic heterocycles. The first-order valence-corrected chi connectivity index (χ1v) is 5.81. The second kappa shape index (κ2) is 5.45. The number of rotatable bonds is 3. The zero-order valence-electron chi connectivity index (χ0n) is 10.3. The van der Waals surface area contributed by atoms with Gasteiger partial charge in [-0.3, -0.25) is 0 Å². The zero-order chi connectivity index (χ0) is 14.0. The number of aliphatic hydroxyl groups excluding tert-OH is 1. The number of benzene rings is 2. The average Bonchev–Trinajstić information content (AvgIpc) is 2.41. The van der Waals surface area contributed by atoms with E-state index in [1.807, 2.05) is 0 Å². The van der Waals surface area contributed by atoms with E-state index in [1.165, 1.54) is 36.4 Å². The summed E-state index contributed by atoms with van der Waals surface area (Å²) in [6, 6.07) is 9.80. The Balaban J connectivity index is 2.35. The smallest absolute Gasteiger partial charge is 0.263 e. The van der Waals surface area contributed by atoms with Crippen molar-refractivity contribution in [2.45, 2.75) is 19.5 Å². The summed E-state index contributed by atoms with van der Waals surface area (Å²) in [5.74, 6) is -0.364. The van der Waals surface area contributed by atoms with Crippen LogP contribution in [0.3, 0.4) is 0 Å². The van der Waals surface area contributed by atoms with Crippen LogP contribution in [0.1, 0.15) is 34.8 Å². The molecule has 4 heteroatoms. The molecule has 0 saturated carbocycles. The summed E-state index contributed by atoms with van der Waals surface area (Å²) in [5, 5.41) is 10.1. The molecule has 0 radical (unpaired) electrons. The summed E-state index contributed by atoms with van der Waals surface area (Å²) >= 11 is 0. The van der Waals surface area contributed by atoms with Gasteiger partial charge in [0.25, 0.3) is 6.43 Å². The van der Waals surface area contributed by atoms with E-state index in [2.05, 4.69) is 0 Å². The van der Waals surface area contributed by atoms with Crippen molar-refractivity contribution in [3.63, 3.8) is 0 Å². The van der Waals surface area contributed by atoms with E-state index < -0.39 is 12.5 Å². The van der Waals surface area contributed by atoms with E-state index in [-0.39, 0.29) is 11.4 Å². The highest BCUT2D eigenvalue weighted by Crippen LogP contribution is 2.27. The van der Waals surface area contributed by atoms with Crippen molar-refractivity contribution in [3.05, 3.63) is 70.5 Å². The van der Waals surface area contributed by atoms with Crippen molar-refractivity contribution >= 4 is 0 Å². The fourth-order valence-electron chi connectivity index (χ4n) is 1.90. The van der Waals surface area contributed by atoms with Crippen LogP contribution >= 0.6 is 0 Å². The maximum absolute atomic E-state index is 13.2. The van der Waals surface area contributed by atoms with Gasteiger partial charge in [0.15, 0.2) is 0 Å². The first-order valence-electron chi connectivity index (χ1n) is 5.81. The molecule has 0 aliphatic rings. The molecule has 2 aromatic rings. The number of hydrogen-bond donors (Lipinski definition) is 1. The number of aryl methyl sites for hydroxylation is 1. The van der Waals surface area contributed by atoms with Gasteiger partial charge in [0.2, 0.25) is 0 Å². The van der Waals surface area contributed by atoms with Gasteiger partial charge in [-0.1, -0.05) is 30.3 Å². The average molecular weight is 266 g/mol. The summed E-state index contributed by atoms with van der Waals surface area (Å²) in [7, 11) is 0. The summed E-state index contributed by atoms with van der Waals surface area (Å²) < 4.78 is 38.4. The molecule has 1 nitrogen and oxygen atoms in total. The molecule has 0 heterocycles. The van der Waals surface area contributed by atoms with E-state index in [0.29, 0.717) is 16.7 Å². The van der Waals surface area contributed by atoms with Crippen LogP contribution in [-0.4, -0.2) is 5.11 Å². The highest BCUT2D eigenvalue weighted by atomic mass is 19.3. The van der Waals surface area contributed by atoms with Crippen LogP contribution in [0.2, 0.25) is 0 Å². The number of aliphatic hydroxyl groups is 1. The quantitative estimate of drug-likeness (QED) is 0.884. The molecule has 0 saturated heterocycles. The normalized spacial score (nSPS) is 12.7. The minimum absolute atomic E-state index is 0.143. The minimum atomic E-state index is -2.58. The molecule has 0 amide bonds. The molecule has 0 spiro atoms. The van der Waals surface area contributed by atoms with E-state index in [1.54, 1.807) is 13.0 Å². The monoisotopic (exact) mass is 266 g/mol. The van der Waals surface area contributed by atoms with Crippen LogP contribution in [0.15, 0.2) is 42.5 Å². The van der Waals surface area contributed by atoms with Gasteiger partial charge in [-0.2, -0.15) is 0 Å². The molecule has 2 aromatic carbocycles. The zero-order valence-corrected chi connectivity index (χ0v) is 10.3. The Bertz CT molecular complexity index is 581. The Kier molecular flexibility index (Phi) is 3.90. The van der Waals surface area contributed by atoms with Crippen molar-refractivity contribution in [1.82, 2.24) is 0 Å². The van der Waals surface area contributed by atoms with Gasteiger partial charge in [-0.15, -0.1) is 0 Å². The van der Waals surface area contributed by atoms with Crippen LogP contribution in [0, 0.1) is 12.7 Å². The summed E-state index contributed by atoms with van der Waals surface area (Å²) in [6.45, 7) is 1.58. The van der Waals surface area contributed by atoms with Crippen LogP contribution in [0.5, 0.6) is 0 Å². The third-order valence-electron chi connectivity index (χ3n) is 2.98. The summed E-state index contributed by atoms with van der Waals surface area (Å²) in [6.07, 6.45) is -3.62. The van der Waals surface area contributed by atoms with Gasteiger partial charge in [0.05, 0.1) is 0 Å². The standard InChI is InChI=1S/C15H13F3O/c1-9-7-11(5-6-13(9)16)14(19)10-3-2-4-12(8-10)15(17)18/h2-8,14-15,19H,1H3. The Labute approximate surface area is 109 Å². The molecule has 1 unspecified atom stereocenters. The van der Waals surface area contributed by atoms with Crippen LogP contribution in [0.25, 0.3) is 0 Å². The molecular formula is C15H13F3O. The van der Waals surface area contributed by atoms with Gasteiger partial charge in [0, 0.05) is 5.56 Å². The third-order valence-corrected chi connectivity index (χ3v) is 2.98. The Hall–Kier alpha value is -1.81. The molecule has 0 aromatic heterocycles. The van der Waals surface area contributed by atoms with Crippen LogP contribution < -0.4 is 0 Å². The molecule has 100 valence electrons. The minimum Gasteiger partial charge on any atom is -0.384 e. The fraction of sp³-hybridized carbons (Fsp3) is 0.200. The lowest BCUT2D eigenvalue weighted by Crippen LogP contribution is -2.01. The molecular weight excluding hydrogens is 253 g/mol. The van der Waals surface area contributed by atoms with Gasteiger partial charge < -0.3 is 5.11 Å². The van der Waals surface area contributed by atoms with Crippen molar-refractivity contribution in [2.75, 3.05) is 0 Å². The topological polar surface area (TPSA) is 20.2 Å². The van der Waals surface area contributed by atoms with Gasteiger partial charge >= 0.3 is 0 Å². The predicted octanol–water partition coefficient (Wildman–Crippen LogP) is 4.15. The number of hydrogen-bond acceptors (Lipinski definition) is 1. The van der Waals surface area contributed by atoms with Crippen molar-refractivity contribution < 1.29 is 18.3 Å². The largest absolute Gasteiger partial charge is 0.384 e. The second-order valence-corrected chi connectivity index (χ2v) is 4.38. The summed E-state index contributed by atoms with van der Waals surface area (Å²) in [5.41, 5.74) is 1.10. The van der Waals surface area contributed by atoms with Gasteiger partial charge in [-0.05, 0) is 35.7 Å². The third kappa shape index (κ3) is 2.96. The highest BCUT2D eigenvalue weighted by Gasteiger charge is 2.14. The molecule has 0 fully saturated rings. The Morgan fingerprint density at radius 1 is 0.947 bits per heavy atom. The van der Waals surface area contributed by atoms with Gasteiger partial charge in [0.1, 0.15) is 11.9 Å². The maximum atomic E-state index is 13.2. The van der Waals surface area contributed by atoms with Crippen molar-refractivity contribution in [2.24, 2.45) is 0 Å². The number of halogens is 3. The molecule has 1 atom stereocenters. The van der Waals surface area contributed by atoms with E-state index >= 15 is 0 Å². The predicted molar refractivity (Wildman–Crippen MR) is 66.6 cm³/mol. The Morgan fingerprint density at radius 2 is 1.58 bits per heavy atom. The molecule has 0 aliphatic carbocycles. The lowest BCUT2D eigenvalue weighted by atomic mass is 9.98. The highest BCUT2D eigenvalue weighted by molar-refractivity contribution is 5.35. The van der Waals surface area contributed by atoms with Crippen LogP contribution in [-0.2, 0) is 0 Å². The Morgan fingerprint density at radius 3 is 2.21 bits per heavy atom.